The molecule has 51 heavy (non-hydrogen) atoms. The van der Waals surface area contributed by atoms with Crippen LogP contribution in [0.1, 0.15) is 46.1 Å². The Morgan fingerprint density at radius 3 is 2.49 bits per heavy atom. The van der Waals surface area contributed by atoms with Crippen LogP contribution in [0.5, 0.6) is 0 Å². The first kappa shape index (κ1) is 34.6. The van der Waals surface area contributed by atoms with Crippen LogP contribution in [0.3, 0.4) is 0 Å². The van der Waals surface area contributed by atoms with E-state index in [1.54, 1.807) is 16.0 Å². The second-order valence-corrected chi connectivity index (χ2v) is 14.5. The first-order chi connectivity index (χ1) is 24.5. The number of alkyl halides is 2. The SMILES string of the molecule is Cc1ccc(-c2cc(F)c(C(=O)N3CC[C@@H](C(=O)N4CCC(O)(Cn5cnc6c(ccn6CC(F)F)c5=O)CC4)[C@H](c4ccccc4)C3)s2)cn1. The normalized spacial score (nSPS) is 19.2. The van der Waals surface area contributed by atoms with Gasteiger partial charge >= 0.3 is 0 Å². The lowest BCUT2D eigenvalue weighted by molar-refractivity contribution is -0.142. The number of thiophene rings is 1. The highest BCUT2D eigenvalue weighted by atomic mass is 32.1. The zero-order chi connectivity index (χ0) is 35.9. The number of nitrogens with zero attached hydrogens (tertiary/aromatic N) is 6. The summed E-state index contributed by atoms with van der Waals surface area (Å²) >= 11 is 1.09. The van der Waals surface area contributed by atoms with Gasteiger partial charge in [-0.2, -0.15) is 0 Å². The van der Waals surface area contributed by atoms with Crippen LogP contribution in [0.15, 0.2) is 78.1 Å². The number of halogens is 3. The average molecular weight is 719 g/mol. The van der Waals surface area contributed by atoms with Crippen molar-refractivity contribution >= 4 is 34.2 Å². The van der Waals surface area contributed by atoms with Crippen molar-refractivity contribution in [2.24, 2.45) is 5.92 Å². The standard InChI is InChI=1S/C37H37F3N6O4S/c1-23-7-8-25(18-41-23)30-17-29(38)32(51-30)36(49)45-14-9-26(28(19-45)24-5-3-2-4-6-24)34(47)43-15-11-37(50,12-16-43)21-46-22-42-33-27(35(46)48)10-13-44(33)20-31(39)40/h2-8,10,13,17-18,22,26,28,31,50H,9,11-12,14-16,19-21H2,1H3/t26-,28+/m1/s1. The van der Waals surface area contributed by atoms with Crippen molar-refractivity contribution in [2.75, 3.05) is 26.2 Å². The second kappa shape index (κ2) is 14.1. The Kier molecular flexibility index (Phi) is 9.55. The molecule has 6 heterocycles. The molecule has 1 N–H and O–H groups in total. The maximum absolute atomic E-state index is 15.2. The van der Waals surface area contributed by atoms with Crippen molar-refractivity contribution in [3.05, 3.63) is 106 Å². The maximum atomic E-state index is 15.2. The Labute approximate surface area is 295 Å². The number of amides is 2. The summed E-state index contributed by atoms with van der Waals surface area (Å²) in [4.78, 5) is 53.5. The van der Waals surface area contributed by atoms with E-state index in [1.165, 1.54) is 33.8 Å². The van der Waals surface area contributed by atoms with E-state index in [2.05, 4.69) is 9.97 Å². The third-order valence-electron chi connectivity index (χ3n) is 10.1. The van der Waals surface area contributed by atoms with Crippen LogP contribution in [0, 0.1) is 18.7 Å². The lowest BCUT2D eigenvalue weighted by Crippen LogP contribution is -2.53. The zero-order valence-corrected chi connectivity index (χ0v) is 28.7. The average Bonchev–Trinajstić information content (AvgIpc) is 3.72. The number of aromatic nitrogens is 4. The summed E-state index contributed by atoms with van der Waals surface area (Å²) in [6, 6.07) is 16.0. The minimum atomic E-state index is -2.59. The van der Waals surface area contributed by atoms with E-state index in [0.717, 1.165) is 28.2 Å². The molecule has 2 aliphatic heterocycles. The van der Waals surface area contributed by atoms with Crippen LogP contribution >= 0.6 is 11.3 Å². The highest BCUT2D eigenvalue weighted by molar-refractivity contribution is 7.17. The van der Waals surface area contributed by atoms with Crippen molar-refractivity contribution in [2.45, 2.75) is 57.2 Å². The Bertz CT molecular complexity index is 2110. The van der Waals surface area contributed by atoms with Gasteiger partial charge in [-0.15, -0.1) is 11.3 Å². The van der Waals surface area contributed by atoms with Gasteiger partial charge in [-0.1, -0.05) is 36.4 Å². The van der Waals surface area contributed by atoms with E-state index in [4.69, 9.17) is 0 Å². The van der Waals surface area contributed by atoms with Gasteiger partial charge in [0.25, 0.3) is 17.9 Å². The monoisotopic (exact) mass is 718 g/mol. The molecule has 0 radical (unpaired) electrons. The molecule has 0 spiro atoms. The fraction of sp³-hybridized carbons (Fsp3) is 0.378. The number of rotatable bonds is 8. The molecule has 14 heteroatoms. The largest absolute Gasteiger partial charge is 0.388 e. The van der Waals surface area contributed by atoms with Crippen LogP contribution in [-0.2, 0) is 17.9 Å². The maximum Gasteiger partial charge on any atom is 0.266 e. The predicted octanol–water partition coefficient (Wildman–Crippen LogP) is 5.33. The molecule has 10 nitrogen and oxygen atoms in total. The number of carbonyl (C=O) groups excluding carboxylic acids is 2. The zero-order valence-electron chi connectivity index (χ0n) is 27.9. The van der Waals surface area contributed by atoms with Gasteiger partial charge in [0.1, 0.15) is 22.7 Å². The molecule has 0 aliphatic carbocycles. The lowest BCUT2D eigenvalue weighted by atomic mass is 9.79. The molecular weight excluding hydrogens is 682 g/mol. The van der Waals surface area contributed by atoms with E-state index in [-0.39, 0.29) is 73.3 Å². The number of pyridine rings is 1. The summed E-state index contributed by atoms with van der Waals surface area (Å²) in [5.74, 6) is -1.83. The van der Waals surface area contributed by atoms with Gasteiger partial charge in [-0.3, -0.25) is 23.9 Å². The summed E-state index contributed by atoms with van der Waals surface area (Å²) in [7, 11) is 0. The fourth-order valence-electron chi connectivity index (χ4n) is 7.25. The van der Waals surface area contributed by atoms with Crippen LogP contribution in [-0.4, -0.2) is 84.0 Å². The fourth-order valence-corrected chi connectivity index (χ4v) is 8.25. The Morgan fingerprint density at radius 2 is 1.78 bits per heavy atom. The molecule has 2 atom stereocenters. The molecular formula is C37H37F3N6O4S. The minimum Gasteiger partial charge on any atom is -0.388 e. The first-order valence-electron chi connectivity index (χ1n) is 16.9. The van der Waals surface area contributed by atoms with Crippen LogP contribution < -0.4 is 5.56 Å². The number of aryl methyl sites for hydroxylation is 1. The topological polar surface area (TPSA) is 114 Å². The molecule has 0 unspecified atom stereocenters. The van der Waals surface area contributed by atoms with Crippen molar-refractivity contribution < 1.29 is 27.9 Å². The van der Waals surface area contributed by atoms with Gasteiger partial charge in [-0.25, -0.2) is 18.2 Å². The third kappa shape index (κ3) is 7.07. The molecule has 2 aliphatic rings. The number of hydrogen-bond acceptors (Lipinski definition) is 7. The number of hydrogen-bond donors (Lipinski definition) is 1. The summed E-state index contributed by atoms with van der Waals surface area (Å²) in [6.45, 7) is 2.30. The number of aliphatic hydroxyl groups is 1. The van der Waals surface area contributed by atoms with Gasteiger partial charge in [-0.05, 0) is 49.9 Å². The molecule has 5 aromatic rings. The van der Waals surface area contributed by atoms with Crippen LogP contribution in [0.25, 0.3) is 21.5 Å². The van der Waals surface area contributed by atoms with Crippen LogP contribution in [0.2, 0.25) is 0 Å². The second-order valence-electron chi connectivity index (χ2n) is 13.5. The van der Waals surface area contributed by atoms with E-state index in [9.17, 15) is 28.3 Å². The minimum absolute atomic E-state index is 0.0247. The smallest absolute Gasteiger partial charge is 0.266 e. The molecule has 2 fully saturated rings. The highest BCUT2D eigenvalue weighted by Crippen LogP contribution is 2.38. The summed E-state index contributed by atoms with van der Waals surface area (Å²) < 4.78 is 43.6. The number of carbonyl (C=O) groups is 2. The Morgan fingerprint density at radius 1 is 1.02 bits per heavy atom. The number of fused-ring (bicyclic) bond motifs is 1. The van der Waals surface area contributed by atoms with E-state index < -0.39 is 41.8 Å². The van der Waals surface area contributed by atoms with Gasteiger partial charge < -0.3 is 19.5 Å². The molecule has 266 valence electrons. The number of piperidine rings is 2. The van der Waals surface area contributed by atoms with Crippen LogP contribution in [0.4, 0.5) is 13.2 Å². The van der Waals surface area contributed by atoms with Gasteiger partial charge in [0.05, 0.1) is 24.1 Å². The first-order valence-corrected chi connectivity index (χ1v) is 17.7. The molecule has 1 aromatic carbocycles. The summed E-state index contributed by atoms with van der Waals surface area (Å²) in [6.07, 6.45) is 2.57. The van der Waals surface area contributed by atoms with Gasteiger partial charge in [0, 0.05) is 66.5 Å². The van der Waals surface area contributed by atoms with Crippen molar-refractivity contribution in [1.82, 2.24) is 28.9 Å². The number of likely N-dealkylation sites (tertiary alicyclic amines) is 2. The van der Waals surface area contributed by atoms with Gasteiger partial charge in [0.2, 0.25) is 5.91 Å². The summed E-state index contributed by atoms with van der Waals surface area (Å²) in [5, 5.41) is 11.7. The highest BCUT2D eigenvalue weighted by Gasteiger charge is 2.42. The molecule has 0 saturated carbocycles. The van der Waals surface area contributed by atoms with E-state index in [0.29, 0.717) is 11.3 Å². The Hall–Kier alpha value is -4.82. The Balaban J connectivity index is 1.04. The molecule has 2 amide bonds. The summed E-state index contributed by atoms with van der Waals surface area (Å²) in [5.41, 5.74) is 0.921. The molecule has 2 saturated heterocycles. The quantitative estimate of drug-likeness (QED) is 0.232. The van der Waals surface area contributed by atoms with E-state index >= 15 is 4.39 Å². The van der Waals surface area contributed by atoms with Gasteiger partial charge in [0.15, 0.2) is 0 Å². The third-order valence-corrected chi connectivity index (χ3v) is 11.2. The number of benzene rings is 1. The van der Waals surface area contributed by atoms with Crippen molar-refractivity contribution in [3.63, 3.8) is 0 Å². The van der Waals surface area contributed by atoms with Crippen molar-refractivity contribution in [3.8, 4) is 10.4 Å². The van der Waals surface area contributed by atoms with E-state index in [1.807, 2.05) is 49.4 Å². The predicted molar refractivity (Wildman–Crippen MR) is 186 cm³/mol. The molecule has 4 aromatic heterocycles. The molecule has 0 bridgehead atoms. The lowest BCUT2D eigenvalue weighted by Gasteiger charge is -2.43. The molecule has 7 rings (SSSR count). The van der Waals surface area contributed by atoms with Crippen molar-refractivity contribution in [1.29, 1.82) is 0 Å².